The first kappa shape index (κ1) is 26.5. The zero-order chi connectivity index (χ0) is 34.8. The Morgan fingerprint density at radius 3 is 1.72 bits per heavy atom. The molecular formula is C45H28N4S. The van der Waals surface area contributed by atoms with Crippen LogP contribution in [0.15, 0.2) is 170 Å². The molecule has 0 aliphatic carbocycles. The predicted molar refractivity (Wildman–Crippen MR) is 209 cm³/mol. The maximum absolute atomic E-state index is 8.45. The Morgan fingerprint density at radius 2 is 1.04 bits per heavy atom. The lowest BCUT2D eigenvalue weighted by molar-refractivity contribution is 1.06. The van der Waals surface area contributed by atoms with Gasteiger partial charge >= 0.3 is 0 Å². The van der Waals surface area contributed by atoms with Crippen molar-refractivity contribution in [1.82, 2.24) is 19.5 Å². The van der Waals surface area contributed by atoms with Crippen LogP contribution in [0, 0.1) is 0 Å². The number of fused-ring (bicyclic) bond motifs is 6. The SMILES string of the molecule is [2H]c1ccc2c(c1)c1cc([2H])ccc1n2-c1ccc(-c2cccc3c2sc2ccccc23)cc1-c1nc(-c2ccccc2)nc(-c2ccccc2)n1. The van der Waals surface area contributed by atoms with E-state index in [2.05, 4.69) is 65.2 Å². The first-order valence-corrected chi connectivity index (χ1v) is 17.3. The highest BCUT2D eigenvalue weighted by atomic mass is 32.1. The topological polar surface area (TPSA) is 43.6 Å². The highest BCUT2D eigenvalue weighted by Crippen LogP contribution is 2.42. The van der Waals surface area contributed by atoms with Gasteiger partial charge in [0.05, 0.1) is 19.5 Å². The Balaban J connectivity index is 1.30. The van der Waals surface area contributed by atoms with Crippen LogP contribution in [0.25, 0.3) is 93.0 Å². The van der Waals surface area contributed by atoms with Gasteiger partial charge in [-0.1, -0.05) is 139 Å². The van der Waals surface area contributed by atoms with Crippen molar-refractivity contribution >= 4 is 53.3 Å². The molecule has 0 unspecified atom stereocenters. The molecule has 234 valence electrons. The van der Waals surface area contributed by atoms with Crippen LogP contribution in [0.3, 0.4) is 0 Å². The molecule has 0 fully saturated rings. The van der Waals surface area contributed by atoms with Crippen LogP contribution in [0.1, 0.15) is 2.74 Å². The first-order chi connectivity index (χ1) is 25.6. The molecule has 0 N–H and O–H groups in total. The number of thiophene rings is 1. The fraction of sp³-hybridized carbons (Fsp3) is 0. The summed E-state index contributed by atoms with van der Waals surface area (Å²) in [5.41, 5.74) is 7.63. The molecule has 0 atom stereocenters. The van der Waals surface area contributed by atoms with Crippen LogP contribution in [-0.2, 0) is 0 Å². The summed E-state index contributed by atoms with van der Waals surface area (Å²) >= 11 is 1.81. The summed E-state index contributed by atoms with van der Waals surface area (Å²) in [4.78, 5) is 15.4. The van der Waals surface area contributed by atoms with E-state index in [-0.39, 0.29) is 0 Å². The van der Waals surface area contributed by atoms with Crippen LogP contribution in [-0.4, -0.2) is 19.5 Å². The fourth-order valence-electron chi connectivity index (χ4n) is 7.04. The smallest absolute Gasteiger partial charge is 0.166 e. The highest BCUT2D eigenvalue weighted by Gasteiger charge is 2.21. The van der Waals surface area contributed by atoms with E-state index in [1.165, 1.54) is 20.2 Å². The molecule has 4 nitrogen and oxygen atoms in total. The normalized spacial score (nSPS) is 12.2. The average Bonchev–Trinajstić information content (AvgIpc) is 3.73. The monoisotopic (exact) mass is 658 g/mol. The summed E-state index contributed by atoms with van der Waals surface area (Å²) in [6.45, 7) is 0. The van der Waals surface area contributed by atoms with Crippen LogP contribution < -0.4 is 0 Å². The van der Waals surface area contributed by atoms with Gasteiger partial charge < -0.3 is 4.57 Å². The van der Waals surface area contributed by atoms with E-state index < -0.39 is 0 Å². The third-order valence-electron chi connectivity index (χ3n) is 9.35. The molecule has 0 saturated carbocycles. The maximum atomic E-state index is 8.45. The van der Waals surface area contributed by atoms with Gasteiger partial charge in [-0.25, -0.2) is 15.0 Å². The highest BCUT2D eigenvalue weighted by molar-refractivity contribution is 7.26. The number of hydrogen-bond acceptors (Lipinski definition) is 4. The van der Waals surface area contributed by atoms with Gasteiger partial charge in [0.1, 0.15) is 0 Å². The lowest BCUT2D eigenvalue weighted by Gasteiger charge is -2.16. The van der Waals surface area contributed by atoms with E-state index in [1.54, 1.807) is 0 Å². The second-order valence-electron chi connectivity index (χ2n) is 12.3. The number of hydrogen-bond donors (Lipinski definition) is 0. The lowest BCUT2D eigenvalue weighted by Crippen LogP contribution is -2.04. The van der Waals surface area contributed by atoms with Crippen molar-refractivity contribution in [3.8, 4) is 51.0 Å². The molecule has 7 aromatic carbocycles. The fourth-order valence-corrected chi connectivity index (χ4v) is 8.27. The van der Waals surface area contributed by atoms with Crippen molar-refractivity contribution in [2.75, 3.05) is 0 Å². The minimum Gasteiger partial charge on any atom is -0.309 e. The van der Waals surface area contributed by atoms with Crippen molar-refractivity contribution in [2.24, 2.45) is 0 Å². The minimum atomic E-state index is 0.423. The van der Waals surface area contributed by atoms with Crippen molar-refractivity contribution in [1.29, 1.82) is 0 Å². The Bertz CT molecular complexity index is 2870. The zero-order valence-corrected chi connectivity index (χ0v) is 27.5. The average molecular weight is 659 g/mol. The maximum Gasteiger partial charge on any atom is 0.166 e. The Labute approximate surface area is 295 Å². The van der Waals surface area contributed by atoms with E-state index in [4.69, 9.17) is 17.7 Å². The summed E-state index contributed by atoms with van der Waals surface area (Å²) in [5.74, 6) is 1.73. The summed E-state index contributed by atoms with van der Waals surface area (Å²) in [5, 5.41) is 4.34. The molecule has 0 radical (unpaired) electrons. The molecule has 0 amide bonds. The standard InChI is InChI=1S/C45H28N4S/c1-3-14-29(15-4-1)43-46-44(30-16-5-2-6-17-30)48-45(47-43)37-28-31(32-21-13-22-36-35-20-9-12-25-41(35)50-42(32)36)26-27-40(37)49-38-23-10-7-18-33(38)34-19-8-11-24-39(34)49/h1-28H/i7D,8D. The van der Waals surface area contributed by atoms with Gasteiger partial charge in [0, 0.05) is 47.6 Å². The Kier molecular flexibility index (Phi) is 6.16. The quantitative estimate of drug-likeness (QED) is 0.185. The zero-order valence-electron chi connectivity index (χ0n) is 28.7. The molecule has 0 spiro atoms. The molecule has 0 saturated heterocycles. The third-order valence-corrected chi connectivity index (χ3v) is 10.6. The van der Waals surface area contributed by atoms with Gasteiger partial charge in [-0.15, -0.1) is 11.3 Å². The molecule has 5 heteroatoms. The number of benzene rings is 7. The minimum absolute atomic E-state index is 0.423. The van der Waals surface area contributed by atoms with E-state index in [0.717, 1.165) is 55.3 Å². The number of para-hydroxylation sites is 2. The molecule has 0 aliphatic heterocycles. The summed E-state index contributed by atoms with van der Waals surface area (Å²) in [6.07, 6.45) is 0. The number of rotatable bonds is 5. The molecule has 50 heavy (non-hydrogen) atoms. The summed E-state index contributed by atoms with van der Waals surface area (Å²) < 4.78 is 21.6. The largest absolute Gasteiger partial charge is 0.309 e. The number of aromatic nitrogens is 4. The van der Waals surface area contributed by atoms with Crippen molar-refractivity contribution in [3.05, 3.63) is 170 Å². The molecule has 10 aromatic rings. The molecular weight excluding hydrogens is 629 g/mol. The molecule has 0 bridgehead atoms. The van der Waals surface area contributed by atoms with E-state index in [9.17, 15) is 0 Å². The van der Waals surface area contributed by atoms with Gasteiger partial charge in [0.2, 0.25) is 0 Å². The summed E-state index contributed by atoms with van der Waals surface area (Å²) in [6, 6.07) is 54.0. The second-order valence-corrected chi connectivity index (χ2v) is 13.3. The van der Waals surface area contributed by atoms with Gasteiger partial charge in [-0.05, 0) is 41.5 Å². The van der Waals surface area contributed by atoms with E-state index >= 15 is 0 Å². The van der Waals surface area contributed by atoms with Crippen LogP contribution in [0.4, 0.5) is 0 Å². The molecule has 10 rings (SSSR count). The van der Waals surface area contributed by atoms with Crippen LogP contribution in [0.2, 0.25) is 0 Å². The van der Waals surface area contributed by atoms with Crippen molar-refractivity contribution < 1.29 is 2.74 Å². The Hall–Kier alpha value is -6.43. The van der Waals surface area contributed by atoms with Crippen molar-refractivity contribution in [2.45, 2.75) is 0 Å². The molecule has 3 aromatic heterocycles. The third kappa shape index (κ3) is 4.63. The lowest BCUT2D eigenvalue weighted by atomic mass is 9.99. The van der Waals surface area contributed by atoms with Gasteiger partial charge in [-0.3, -0.25) is 0 Å². The van der Waals surface area contributed by atoms with Gasteiger partial charge in [0.25, 0.3) is 0 Å². The van der Waals surface area contributed by atoms with Crippen molar-refractivity contribution in [3.63, 3.8) is 0 Å². The van der Waals surface area contributed by atoms with E-state index in [0.29, 0.717) is 29.6 Å². The molecule has 0 aliphatic rings. The first-order valence-electron chi connectivity index (χ1n) is 17.5. The van der Waals surface area contributed by atoms with Gasteiger partial charge in [-0.2, -0.15) is 0 Å². The van der Waals surface area contributed by atoms with E-state index in [1.807, 2.05) is 108 Å². The second kappa shape index (κ2) is 11.6. The number of nitrogens with zero attached hydrogens (tertiary/aromatic N) is 4. The van der Waals surface area contributed by atoms with Gasteiger partial charge in [0.15, 0.2) is 17.5 Å². The van der Waals surface area contributed by atoms with Crippen LogP contribution in [0.5, 0.6) is 0 Å². The Morgan fingerprint density at radius 1 is 0.440 bits per heavy atom. The van der Waals surface area contributed by atoms with Crippen LogP contribution >= 0.6 is 11.3 Å². The summed E-state index contributed by atoms with van der Waals surface area (Å²) in [7, 11) is 0. The predicted octanol–water partition coefficient (Wildman–Crippen LogP) is 12.0. The molecule has 3 heterocycles.